The molecule has 3 nitrogen and oxygen atoms in total. The molecule has 0 saturated heterocycles. The summed E-state index contributed by atoms with van der Waals surface area (Å²) in [6, 6.07) is 26.3. The Morgan fingerprint density at radius 3 is 1.78 bits per heavy atom. The third-order valence-corrected chi connectivity index (χ3v) is 3.24. The van der Waals surface area contributed by atoms with Crippen molar-refractivity contribution in [1.82, 2.24) is 0 Å². The Kier molecular flexibility index (Phi) is 4.61. The maximum absolute atomic E-state index is 7.17. The van der Waals surface area contributed by atoms with Gasteiger partial charge < -0.3 is 9.31 Å². The molecule has 0 aromatic heterocycles. The summed E-state index contributed by atoms with van der Waals surface area (Å²) in [6.45, 7) is 7.17. The molecule has 110 valence electrons. The van der Waals surface area contributed by atoms with Crippen molar-refractivity contribution in [1.29, 1.82) is 0 Å². The number of rotatable bonds is 5. The number of hydrogen-bond donors (Lipinski definition) is 0. The minimum absolute atomic E-state index is 0.556. The Balaban J connectivity index is 1.90. The highest BCUT2D eigenvalue weighted by Gasteiger charge is 2.26. The Labute approximate surface area is 136 Å². The Bertz CT molecular complexity index is 759. The molecule has 0 N–H and O–H groups in total. The molecule has 4 heteroatoms. The summed E-state index contributed by atoms with van der Waals surface area (Å²) in [5.41, 5.74) is 1.35. The fourth-order valence-electron chi connectivity index (χ4n) is 2.15. The minimum Gasteiger partial charge on any atom is -0.522 e. The first-order valence-corrected chi connectivity index (χ1v) is 7.26. The van der Waals surface area contributed by atoms with Crippen LogP contribution in [0.5, 0.6) is 11.5 Å². The maximum Gasteiger partial charge on any atom is 0.631 e. The van der Waals surface area contributed by atoms with E-state index in [1.54, 1.807) is 12.1 Å². The summed E-state index contributed by atoms with van der Waals surface area (Å²) in [7, 11) is -0.624. The van der Waals surface area contributed by atoms with E-state index in [-0.39, 0.29) is 0 Å². The van der Waals surface area contributed by atoms with Gasteiger partial charge in [0.1, 0.15) is 11.5 Å². The van der Waals surface area contributed by atoms with Crippen LogP contribution in [0.2, 0.25) is 0 Å². The lowest BCUT2D eigenvalue weighted by Gasteiger charge is -2.17. The molecule has 0 bridgehead atoms. The van der Waals surface area contributed by atoms with E-state index in [0.717, 1.165) is 5.46 Å². The van der Waals surface area contributed by atoms with Crippen LogP contribution < -0.4 is 14.8 Å². The van der Waals surface area contributed by atoms with E-state index in [9.17, 15) is 0 Å². The van der Waals surface area contributed by atoms with E-state index in [1.165, 1.54) is 0 Å². The topological polar surface area (TPSA) is 22.8 Å². The van der Waals surface area contributed by atoms with Gasteiger partial charge in [-0.3, -0.25) is 0 Å². The van der Waals surface area contributed by atoms with Gasteiger partial charge in [-0.15, -0.1) is 0 Å². The molecule has 0 radical (unpaired) electrons. The molecule has 0 aliphatic rings. The molecule has 0 atom stereocenters. The lowest BCUT2D eigenvalue weighted by Crippen LogP contribution is -2.42. The van der Waals surface area contributed by atoms with Crippen molar-refractivity contribution < 1.29 is 9.31 Å². The molecule has 0 unspecified atom stereocenters. The van der Waals surface area contributed by atoms with Gasteiger partial charge in [-0.25, -0.2) is 4.85 Å². The summed E-state index contributed by atoms with van der Waals surface area (Å²) < 4.78 is 12.0. The Hall–Kier alpha value is -3.19. The molecule has 0 aliphatic carbocycles. The van der Waals surface area contributed by atoms with Crippen LogP contribution in [0.1, 0.15) is 0 Å². The van der Waals surface area contributed by atoms with Crippen molar-refractivity contribution in [2.75, 3.05) is 0 Å². The Morgan fingerprint density at radius 1 is 0.696 bits per heavy atom. The number of benzene rings is 3. The van der Waals surface area contributed by atoms with Gasteiger partial charge in [0.15, 0.2) is 5.69 Å². The van der Waals surface area contributed by atoms with Crippen molar-refractivity contribution in [3.8, 4) is 11.5 Å². The van der Waals surface area contributed by atoms with E-state index < -0.39 is 7.12 Å². The zero-order valence-electron chi connectivity index (χ0n) is 12.4. The fourth-order valence-corrected chi connectivity index (χ4v) is 2.15. The summed E-state index contributed by atoms with van der Waals surface area (Å²) >= 11 is 0. The lowest BCUT2D eigenvalue weighted by atomic mass is 9.78. The monoisotopic (exact) mass is 299 g/mol. The predicted molar refractivity (Wildman–Crippen MR) is 92.2 cm³/mol. The zero-order valence-corrected chi connectivity index (χ0v) is 12.4. The molecule has 3 aromatic carbocycles. The minimum atomic E-state index is -0.624. The maximum atomic E-state index is 7.17. The molecule has 3 rings (SSSR count). The van der Waals surface area contributed by atoms with Crippen molar-refractivity contribution in [2.45, 2.75) is 0 Å². The van der Waals surface area contributed by atoms with E-state index >= 15 is 0 Å². The number of hydrogen-bond acceptors (Lipinski definition) is 2. The standard InChI is InChI=1S/C19H14BNO2/c1-21-17-10-8-9-16(15-17)20(22-18-11-4-2-5-12-18)23-19-13-6-3-7-14-19/h2-15H. The summed E-state index contributed by atoms with van der Waals surface area (Å²) in [6.07, 6.45) is 0. The highest BCUT2D eigenvalue weighted by atomic mass is 16.6. The largest absolute Gasteiger partial charge is 0.631 e. The molecule has 23 heavy (non-hydrogen) atoms. The SMILES string of the molecule is [C-]#[N+]c1cccc(B(Oc2ccccc2)Oc2ccccc2)c1. The first-order valence-electron chi connectivity index (χ1n) is 7.26. The summed E-state index contributed by atoms with van der Waals surface area (Å²) in [5.74, 6) is 1.42. The van der Waals surface area contributed by atoms with E-state index in [1.807, 2.05) is 72.8 Å². The smallest absolute Gasteiger partial charge is 0.522 e. The second kappa shape index (κ2) is 7.19. The van der Waals surface area contributed by atoms with E-state index in [2.05, 4.69) is 4.85 Å². The van der Waals surface area contributed by atoms with Crippen LogP contribution in [-0.2, 0) is 0 Å². The van der Waals surface area contributed by atoms with Crippen LogP contribution in [0, 0.1) is 6.57 Å². The van der Waals surface area contributed by atoms with Gasteiger partial charge in [0.2, 0.25) is 0 Å². The van der Waals surface area contributed by atoms with Gasteiger partial charge in [-0.05, 0) is 24.3 Å². The molecule has 0 heterocycles. The van der Waals surface area contributed by atoms with Crippen LogP contribution in [0.15, 0.2) is 84.9 Å². The summed E-state index contributed by atoms with van der Waals surface area (Å²) in [4.78, 5) is 3.47. The van der Waals surface area contributed by atoms with Crippen molar-refractivity contribution in [3.05, 3.63) is 96.3 Å². The second-order valence-electron chi connectivity index (χ2n) is 4.90. The highest BCUT2D eigenvalue weighted by molar-refractivity contribution is 6.62. The second-order valence-corrected chi connectivity index (χ2v) is 4.90. The van der Waals surface area contributed by atoms with Gasteiger partial charge >= 0.3 is 7.12 Å². The highest BCUT2D eigenvalue weighted by Crippen LogP contribution is 2.16. The molecule has 3 aromatic rings. The van der Waals surface area contributed by atoms with Crippen molar-refractivity contribution in [2.24, 2.45) is 0 Å². The molecular weight excluding hydrogens is 285 g/mol. The molecule has 0 spiro atoms. The van der Waals surface area contributed by atoms with Crippen LogP contribution in [0.3, 0.4) is 0 Å². The van der Waals surface area contributed by atoms with Gasteiger partial charge in [0.25, 0.3) is 0 Å². The molecule has 0 saturated carbocycles. The van der Waals surface area contributed by atoms with Crippen LogP contribution in [-0.4, -0.2) is 7.12 Å². The van der Waals surface area contributed by atoms with Crippen molar-refractivity contribution in [3.63, 3.8) is 0 Å². The van der Waals surface area contributed by atoms with E-state index in [4.69, 9.17) is 15.9 Å². The quantitative estimate of drug-likeness (QED) is 0.523. The molecule has 0 amide bonds. The number of para-hydroxylation sites is 2. The van der Waals surface area contributed by atoms with Crippen LogP contribution in [0.25, 0.3) is 4.85 Å². The fraction of sp³-hybridized carbons (Fsp3) is 0. The zero-order chi connectivity index (χ0) is 15.9. The third kappa shape index (κ3) is 3.93. The lowest BCUT2D eigenvalue weighted by molar-refractivity contribution is 0.439. The van der Waals surface area contributed by atoms with Gasteiger partial charge in [0, 0.05) is 5.46 Å². The average Bonchev–Trinajstić information content (AvgIpc) is 2.63. The Morgan fingerprint density at radius 2 is 1.26 bits per heavy atom. The molecule has 0 fully saturated rings. The third-order valence-electron chi connectivity index (χ3n) is 3.24. The number of nitrogens with zero attached hydrogens (tertiary/aromatic N) is 1. The van der Waals surface area contributed by atoms with Gasteiger partial charge in [0.05, 0.1) is 6.57 Å². The summed E-state index contributed by atoms with van der Waals surface area (Å²) in [5, 5.41) is 0. The molecule has 0 aliphatic heterocycles. The van der Waals surface area contributed by atoms with Gasteiger partial charge in [-0.2, -0.15) is 0 Å². The van der Waals surface area contributed by atoms with Gasteiger partial charge in [-0.1, -0.05) is 60.7 Å². The average molecular weight is 299 g/mol. The first kappa shape index (κ1) is 14.7. The normalized spacial score (nSPS) is 9.70. The first-order chi connectivity index (χ1) is 11.3. The molecular formula is C19H14BNO2. The predicted octanol–water partition coefficient (Wildman–Crippen LogP) is 4.09. The van der Waals surface area contributed by atoms with Crippen LogP contribution >= 0.6 is 0 Å². The van der Waals surface area contributed by atoms with Crippen LogP contribution in [0.4, 0.5) is 5.69 Å². The van der Waals surface area contributed by atoms with Crippen molar-refractivity contribution >= 4 is 18.3 Å². The van der Waals surface area contributed by atoms with E-state index in [0.29, 0.717) is 17.2 Å².